The quantitative estimate of drug-likeness (QED) is 0.936. The number of hydrogen-bond donors (Lipinski definition) is 1. The fourth-order valence-corrected chi connectivity index (χ4v) is 3.16. The molecule has 0 radical (unpaired) electrons. The molecule has 0 spiro atoms. The van der Waals surface area contributed by atoms with E-state index in [0.717, 1.165) is 11.1 Å². The Morgan fingerprint density at radius 2 is 1.96 bits per heavy atom. The summed E-state index contributed by atoms with van der Waals surface area (Å²) in [6, 6.07) is 14.9. The van der Waals surface area contributed by atoms with Gasteiger partial charge in [0.1, 0.15) is 5.75 Å². The SMILES string of the molecule is COc1cc(C(=O)N2CCNC(=O)CC2c2ccccc2)ccc1C. The predicted octanol–water partition coefficient (Wildman–Crippen LogP) is 2.71. The number of amides is 2. The van der Waals surface area contributed by atoms with Gasteiger partial charge in [-0.1, -0.05) is 36.4 Å². The topological polar surface area (TPSA) is 58.6 Å². The molecule has 130 valence electrons. The maximum atomic E-state index is 13.2. The molecule has 25 heavy (non-hydrogen) atoms. The molecule has 5 nitrogen and oxygen atoms in total. The molecule has 1 atom stereocenters. The van der Waals surface area contributed by atoms with Crippen molar-refractivity contribution in [1.29, 1.82) is 0 Å². The van der Waals surface area contributed by atoms with E-state index in [1.165, 1.54) is 0 Å². The molecule has 1 fully saturated rings. The van der Waals surface area contributed by atoms with Crippen LogP contribution in [0.3, 0.4) is 0 Å². The molecule has 0 aromatic heterocycles. The fraction of sp³-hybridized carbons (Fsp3) is 0.300. The minimum atomic E-state index is -0.275. The summed E-state index contributed by atoms with van der Waals surface area (Å²) >= 11 is 0. The van der Waals surface area contributed by atoms with Crippen molar-refractivity contribution in [2.45, 2.75) is 19.4 Å². The number of carbonyl (C=O) groups excluding carboxylic acids is 2. The smallest absolute Gasteiger partial charge is 0.254 e. The van der Waals surface area contributed by atoms with Crippen molar-refractivity contribution < 1.29 is 14.3 Å². The first-order valence-corrected chi connectivity index (χ1v) is 8.37. The maximum Gasteiger partial charge on any atom is 0.254 e. The Morgan fingerprint density at radius 1 is 1.20 bits per heavy atom. The van der Waals surface area contributed by atoms with Gasteiger partial charge in [0.05, 0.1) is 19.6 Å². The predicted molar refractivity (Wildman–Crippen MR) is 95.6 cm³/mol. The van der Waals surface area contributed by atoms with Crippen molar-refractivity contribution >= 4 is 11.8 Å². The number of nitrogens with one attached hydrogen (secondary N) is 1. The lowest BCUT2D eigenvalue weighted by Gasteiger charge is -2.30. The van der Waals surface area contributed by atoms with Crippen LogP contribution in [0.5, 0.6) is 5.75 Å². The number of nitrogens with zero attached hydrogens (tertiary/aromatic N) is 1. The summed E-state index contributed by atoms with van der Waals surface area (Å²) in [4.78, 5) is 27.0. The molecule has 0 bridgehead atoms. The summed E-state index contributed by atoms with van der Waals surface area (Å²) < 4.78 is 5.34. The molecule has 3 rings (SSSR count). The standard InChI is InChI=1S/C20H22N2O3/c1-14-8-9-16(12-18(14)25-2)20(24)22-11-10-21-19(23)13-17(22)15-6-4-3-5-7-15/h3-9,12,17H,10-11,13H2,1-2H3,(H,21,23). The third-order valence-electron chi connectivity index (χ3n) is 4.53. The molecule has 0 aliphatic carbocycles. The van der Waals surface area contributed by atoms with Crippen LogP contribution in [-0.4, -0.2) is 36.9 Å². The van der Waals surface area contributed by atoms with Crippen LogP contribution in [0.4, 0.5) is 0 Å². The highest BCUT2D eigenvalue weighted by Gasteiger charge is 2.30. The van der Waals surface area contributed by atoms with E-state index in [1.54, 1.807) is 18.1 Å². The Kier molecular flexibility index (Phi) is 5.03. The molecule has 1 unspecified atom stereocenters. The van der Waals surface area contributed by atoms with Crippen LogP contribution in [0, 0.1) is 6.92 Å². The Hall–Kier alpha value is -2.82. The molecule has 2 amide bonds. The van der Waals surface area contributed by atoms with Crippen molar-refractivity contribution in [2.75, 3.05) is 20.2 Å². The molecule has 1 aliphatic heterocycles. The van der Waals surface area contributed by atoms with Gasteiger partial charge >= 0.3 is 0 Å². The van der Waals surface area contributed by atoms with Gasteiger partial charge in [-0.3, -0.25) is 9.59 Å². The van der Waals surface area contributed by atoms with E-state index >= 15 is 0 Å². The van der Waals surface area contributed by atoms with Crippen molar-refractivity contribution in [3.05, 3.63) is 65.2 Å². The van der Waals surface area contributed by atoms with Gasteiger partial charge in [0, 0.05) is 18.7 Å². The van der Waals surface area contributed by atoms with E-state index in [9.17, 15) is 9.59 Å². The first-order valence-electron chi connectivity index (χ1n) is 8.37. The number of benzene rings is 2. The summed E-state index contributed by atoms with van der Waals surface area (Å²) in [5, 5.41) is 2.85. The van der Waals surface area contributed by atoms with Gasteiger partial charge in [-0.05, 0) is 30.2 Å². The van der Waals surface area contributed by atoms with E-state index in [1.807, 2.05) is 49.4 Å². The molecule has 1 aliphatic rings. The Balaban J connectivity index is 1.96. The molecule has 0 saturated carbocycles. The van der Waals surface area contributed by atoms with Gasteiger partial charge in [0.25, 0.3) is 5.91 Å². The number of carbonyl (C=O) groups is 2. The third kappa shape index (κ3) is 3.65. The number of methoxy groups -OCH3 is 1. The average Bonchev–Trinajstić information content (AvgIpc) is 2.84. The first kappa shape index (κ1) is 17.0. The van der Waals surface area contributed by atoms with Crippen LogP contribution < -0.4 is 10.1 Å². The second-order valence-electron chi connectivity index (χ2n) is 6.16. The van der Waals surface area contributed by atoms with Crippen LogP contribution >= 0.6 is 0 Å². The molecular weight excluding hydrogens is 316 g/mol. The third-order valence-corrected chi connectivity index (χ3v) is 4.53. The summed E-state index contributed by atoms with van der Waals surface area (Å²) in [6.45, 7) is 2.87. The first-order chi connectivity index (χ1) is 12.1. The van der Waals surface area contributed by atoms with E-state index in [-0.39, 0.29) is 24.3 Å². The second kappa shape index (κ2) is 7.38. The second-order valence-corrected chi connectivity index (χ2v) is 6.16. The van der Waals surface area contributed by atoms with Crippen LogP contribution in [-0.2, 0) is 4.79 Å². The highest BCUT2D eigenvalue weighted by Crippen LogP contribution is 2.28. The zero-order valence-corrected chi connectivity index (χ0v) is 14.5. The van der Waals surface area contributed by atoms with Crippen LogP contribution in [0.2, 0.25) is 0 Å². The van der Waals surface area contributed by atoms with Crippen molar-refractivity contribution in [3.8, 4) is 5.75 Å². The number of hydrogen-bond acceptors (Lipinski definition) is 3. The molecule has 5 heteroatoms. The van der Waals surface area contributed by atoms with E-state index in [4.69, 9.17) is 4.74 Å². The summed E-state index contributed by atoms with van der Waals surface area (Å²) in [5.41, 5.74) is 2.51. The monoisotopic (exact) mass is 338 g/mol. The van der Waals surface area contributed by atoms with Gasteiger partial charge < -0.3 is 15.0 Å². The van der Waals surface area contributed by atoms with Gasteiger partial charge in [-0.2, -0.15) is 0 Å². The van der Waals surface area contributed by atoms with Gasteiger partial charge in [0.15, 0.2) is 0 Å². The van der Waals surface area contributed by atoms with Gasteiger partial charge in [0.2, 0.25) is 5.91 Å². The van der Waals surface area contributed by atoms with E-state index < -0.39 is 0 Å². The average molecular weight is 338 g/mol. The molecule has 1 heterocycles. The minimum Gasteiger partial charge on any atom is -0.496 e. The summed E-state index contributed by atoms with van der Waals surface area (Å²) in [7, 11) is 1.60. The fourth-order valence-electron chi connectivity index (χ4n) is 3.16. The number of ether oxygens (including phenoxy) is 1. The summed E-state index contributed by atoms with van der Waals surface area (Å²) in [5.74, 6) is 0.556. The lowest BCUT2D eigenvalue weighted by atomic mass is 10.0. The molecule has 2 aromatic rings. The Morgan fingerprint density at radius 3 is 2.68 bits per heavy atom. The normalized spacial score (nSPS) is 17.6. The van der Waals surface area contributed by atoms with Crippen molar-refractivity contribution in [1.82, 2.24) is 10.2 Å². The maximum absolute atomic E-state index is 13.2. The number of rotatable bonds is 3. The highest BCUT2D eigenvalue weighted by atomic mass is 16.5. The largest absolute Gasteiger partial charge is 0.496 e. The van der Waals surface area contributed by atoms with E-state index in [2.05, 4.69) is 5.32 Å². The van der Waals surface area contributed by atoms with Crippen molar-refractivity contribution in [3.63, 3.8) is 0 Å². The lowest BCUT2D eigenvalue weighted by molar-refractivity contribution is -0.121. The van der Waals surface area contributed by atoms with Crippen molar-refractivity contribution in [2.24, 2.45) is 0 Å². The Labute approximate surface area is 147 Å². The minimum absolute atomic E-state index is 0.0364. The zero-order valence-electron chi connectivity index (χ0n) is 14.5. The molecule has 1 N–H and O–H groups in total. The van der Waals surface area contributed by atoms with Crippen LogP contribution in [0.25, 0.3) is 0 Å². The van der Waals surface area contributed by atoms with Gasteiger partial charge in [-0.15, -0.1) is 0 Å². The molecular formula is C20H22N2O3. The zero-order chi connectivity index (χ0) is 17.8. The molecule has 2 aromatic carbocycles. The summed E-state index contributed by atoms with van der Waals surface area (Å²) in [6.07, 6.45) is 0.263. The van der Waals surface area contributed by atoms with Crippen LogP contribution in [0.1, 0.15) is 33.9 Å². The highest BCUT2D eigenvalue weighted by molar-refractivity contribution is 5.95. The van der Waals surface area contributed by atoms with E-state index in [0.29, 0.717) is 24.4 Å². The lowest BCUT2D eigenvalue weighted by Crippen LogP contribution is -2.36. The van der Waals surface area contributed by atoms with Gasteiger partial charge in [-0.25, -0.2) is 0 Å². The van der Waals surface area contributed by atoms with Crippen LogP contribution in [0.15, 0.2) is 48.5 Å². The molecule has 1 saturated heterocycles. The Bertz CT molecular complexity index is 774. The number of aryl methyl sites for hydroxylation is 1.